The number of nitrogens with two attached hydrogens (primary N) is 1. The number of nitrogens with zero attached hydrogens (tertiary/aromatic N) is 1. The molecule has 0 spiro atoms. The van der Waals surface area contributed by atoms with E-state index in [1.807, 2.05) is 6.07 Å². The van der Waals surface area contributed by atoms with E-state index in [4.69, 9.17) is 15.5 Å². The van der Waals surface area contributed by atoms with Gasteiger partial charge >= 0.3 is 0 Å². The molecule has 0 bridgehead atoms. The van der Waals surface area contributed by atoms with Crippen LogP contribution in [0.25, 0.3) is 0 Å². The van der Waals surface area contributed by atoms with Gasteiger partial charge in [0.2, 0.25) is 0 Å². The molecule has 0 amide bonds. The van der Waals surface area contributed by atoms with Gasteiger partial charge < -0.3 is 10.5 Å². The first-order chi connectivity index (χ1) is 7.81. The first-order valence-electron chi connectivity index (χ1n) is 5.79. The molecular weight excluding hydrogens is 200 g/mol. The third kappa shape index (κ3) is 1.35. The second kappa shape index (κ2) is 3.59. The van der Waals surface area contributed by atoms with E-state index in [0.717, 1.165) is 25.3 Å². The molecule has 2 aliphatic rings. The lowest BCUT2D eigenvalue weighted by Gasteiger charge is -2.34. The monoisotopic (exact) mass is 216 g/mol. The van der Waals surface area contributed by atoms with Crippen LogP contribution in [0.3, 0.4) is 0 Å². The van der Waals surface area contributed by atoms with Crippen LogP contribution in [0.5, 0.6) is 0 Å². The van der Waals surface area contributed by atoms with Gasteiger partial charge in [-0.3, -0.25) is 4.99 Å². The SMILES string of the molecule is NC1=NC2(c3ccccc3)COCC2CC1. The first-order valence-corrected chi connectivity index (χ1v) is 5.79. The van der Waals surface area contributed by atoms with Gasteiger partial charge in [0.05, 0.1) is 19.0 Å². The zero-order valence-corrected chi connectivity index (χ0v) is 9.23. The van der Waals surface area contributed by atoms with Crippen LogP contribution < -0.4 is 5.73 Å². The molecule has 84 valence electrons. The zero-order chi connectivity index (χ0) is 11.0. The fourth-order valence-electron chi connectivity index (χ4n) is 2.80. The van der Waals surface area contributed by atoms with E-state index < -0.39 is 0 Å². The topological polar surface area (TPSA) is 47.6 Å². The van der Waals surface area contributed by atoms with Gasteiger partial charge in [-0.15, -0.1) is 0 Å². The number of ether oxygens (including phenoxy) is 1. The van der Waals surface area contributed by atoms with E-state index in [0.29, 0.717) is 12.5 Å². The van der Waals surface area contributed by atoms with Crippen LogP contribution in [0.15, 0.2) is 35.3 Å². The van der Waals surface area contributed by atoms with Gasteiger partial charge in [0, 0.05) is 12.3 Å². The molecule has 2 N–H and O–H groups in total. The smallest absolute Gasteiger partial charge is 0.116 e. The molecule has 2 aliphatic heterocycles. The van der Waals surface area contributed by atoms with Crippen LogP contribution in [0.4, 0.5) is 0 Å². The fourth-order valence-corrected chi connectivity index (χ4v) is 2.80. The summed E-state index contributed by atoms with van der Waals surface area (Å²) >= 11 is 0. The van der Waals surface area contributed by atoms with Gasteiger partial charge in [-0.1, -0.05) is 30.3 Å². The number of amidine groups is 1. The van der Waals surface area contributed by atoms with E-state index >= 15 is 0 Å². The molecule has 1 aromatic carbocycles. The minimum Gasteiger partial charge on any atom is -0.387 e. The number of rotatable bonds is 1. The van der Waals surface area contributed by atoms with Gasteiger partial charge in [-0.05, 0) is 12.0 Å². The Balaban J connectivity index is 2.10. The molecule has 3 heteroatoms. The van der Waals surface area contributed by atoms with Crippen molar-refractivity contribution in [3.05, 3.63) is 35.9 Å². The van der Waals surface area contributed by atoms with Gasteiger partial charge in [-0.25, -0.2) is 0 Å². The molecule has 0 radical (unpaired) electrons. The van der Waals surface area contributed by atoms with Gasteiger partial charge in [-0.2, -0.15) is 0 Å². The van der Waals surface area contributed by atoms with Crippen molar-refractivity contribution in [1.29, 1.82) is 0 Å². The lowest BCUT2D eigenvalue weighted by molar-refractivity contribution is 0.176. The molecule has 2 unspecified atom stereocenters. The molecule has 3 rings (SSSR count). The van der Waals surface area contributed by atoms with Crippen molar-refractivity contribution in [2.45, 2.75) is 18.4 Å². The minimum absolute atomic E-state index is 0.205. The van der Waals surface area contributed by atoms with E-state index in [1.165, 1.54) is 5.56 Å². The number of hydrogen-bond acceptors (Lipinski definition) is 3. The van der Waals surface area contributed by atoms with Crippen LogP contribution in [0.2, 0.25) is 0 Å². The molecule has 16 heavy (non-hydrogen) atoms. The summed E-state index contributed by atoms with van der Waals surface area (Å²) in [5, 5.41) is 0. The van der Waals surface area contributed by atoms with Crippen molar-refractivity contribution in [2.24, 2.45) is 16.6 Å². The van der Waals surface area contributed by atoms with Gasteiger partial charge in [0.25, 0.3) is 0 Å². The normalized spacial score (nSPS) is 33.2. The predicted octanol–water partition coefficient (Wildman–Crippen LogP) is 1.68. The summed E-state index contributed by atoms with van der Waals surface area (Å²) in [7, 11) is 0. The zero-order valence-electron chi connectivity index (χ0n) is 9.23. The maximum absolute atomic E-state index is 5.91. The standard InChI is InChI=1S/C13H16N2O/c14-12-7-6-11-8-16-9-13(11,15-12)10-4-2-1-3-5-10/h1-5,11H,6-9H2,(H2,14,15). The van der Waals surface area contributed by atoms with Crippen molar-refractivity contribution >= 4 is 5.84 Å². The first kappa shape index (κ1) is 9.85. The van der Waals surface area contributed by atoms with Crippen molar-refractivity contribution in [2.75, 3.05) is 13.2 Å². The number of aliphatic imine (C=N–C) groups is 1. The molecule has 0 saturated carbocycles. The van der Waals surface area contributed by atoms with Crippen molar-refractivity contribution in [3.8, 4) is 0 Å². The number of fused-ring (bicyclic) bond motifs is 1. The van der Waals surface area contributed by atoms with E-state index in [-0.39, 0.29) is 5.54 Å². The van der Waals surface area contributed by atoms with Gasteiger partial charge in [0.15, 0.2) is 0 Å². The van der Waals surface area contributed by atoms with Crippen molar-refractivity contribution in [1.82, 2.24) is 0 Å². The Kier molecular flexibility index (Phi) is 2.21. The van der Waals surface area contributed by atoms with E-state index in [9.17, 15) is 0 Å². The minimum atomic E-state index is -0.205. The third-order valence-electron chi connectivity index (χ3n) is 3.68. The molecule has 1 fully saturated rings. The van der Waals surface area contributed by atoms with Gasteiger partial charge in [0.1, 0.15) is 5.54 Å². The van der Waals surface area contributed by atoms with Crippen LogP contribution >= 0.6 is 0 Å². The second-order valence-electron chi connectivity index (χ2n) is 4.64. The summed E-state index contributed by atoms with van der Waals surface area (Å²) in [6.45, 7) is 1.48. The summed E-state index contributed by atoms with van der Waals surface area (Å²) < 4.78 is 5.63. The maximum Gasteiger partial charge on any atom is 0.116 e. The molecule has 1 aromatic rings. The largest absolute Gasteiger partial charge is 0.387 e. The lowest BCUT2D eigenvalue weighted by atomic mass is 9.77. The van der Waals surface area contributed by atoms with E-state index in [2.05, 4.69) is 24.3 Å². The molecule has 2 heterocycles. The summed E-state index contributed by atoms with van der Waals surface area (Å²) in [6, 6.07) is 10.4. The average molecular weight is 216 g/mol. The lowest BCUT2D eigenvalue weighted by Crippen LogP contribution is -2.39. The Labute approximate surface area is 95.3 Å². The number of benzene rings is 1. The van der Waals surface area contributed by atoms with Crippen LogP contribution in [-0.4, -0.2) is 19.0 Å². The quantitative estimate of drug-likeness (QED) is 0.776. The van der Waals surface area contributed by atoms with Crippen molar-refractivity contribution < 1.29 is 4.74 Å². The summed E-state index contributed by atoms with van der Waals surface area (Å²) in [4.78, 5) is 4.72. The van der Waals surface area contributed by atoms with Crippen LogP contribution in [0, 0.1) is 5.92 Å². The highest BCUT2D eigenvalue weighted by atomic mass is 16.5. The Morgan fingerprint density at radius 1 is 1.31 bits per heavy atom. The fraction of sp³-hybridized carbons (Fsp3) is 0.462. The summed E-state index contributed by atoms with van der Waals surface area (Å²) in [5.74, 6) is 1.26. The molecular formula is C13H16N2O. The highest BCUT2D eigenvalue weighted by Crippen LogP contribution is 2.43. The molecule has 0 aliphatic carbocycles. The van der Waals surface area contributed by atoms with Crippen LogP contribution in [0.1, 0.15) is 18.4 Å². The Hall–Kier alpha value is -1.35. The molecule has 0 aromatic heterocycles. The Bertz CT molecular complexity index is 415. The molecule has 2 atom stereocenters. The summed E-state index contributed by atoms with van der Waals surface area (Å²) in [6.07, 6.45) is 1.99. The number of hydrogen-bond donors (Lipinski definition) is 1. The third-order valence-corrected chi connectivity index (χ3v) is 3.68. The van der Waals surface area contributed by atoms with E-state index in [1.54, 1.807) is 0 Å². The second-order valence-corrected chi connectivity index (χ2v) is 4.64. The van der Waals surface area contributed by atoms with Crippen LogP contribution in [-0.2, 0) is 10.3 Å². The molecule has 1 saturated heterocycles. The maximum atomic E-state index is 5.91. The Morgan fingerprint density at radius 3 is 2.94 bits per heavy atom. The Morgan fingerprint density at radius 2 is 2.12 bits per heavy atom. The average Bonchev–Trinajstić information content (AvgIpc) is 2.74. The van der Waals surface area contributed by atoms with Crippen molar-refractivity contribution in [3.63, 3.8) is 0 Å². The molecule has 3 nitrogen and oxygen atoms in total. The highest BCUT2D eigenvalue weighted by molar-refractivity contribution is 5.81. The highest BCUT2D eigenvalue weighted by Gasteiger charge is 2.47. The summed E-state index contributed by atoms with van der Waals surface area (Å²) in [5.41, 5.74) is 6.94. The predicted molar refractivity (Wildman–Crippen MR) is 63.3 cm³/mol.